The van der Waals surface area contributed by atoms with E-state index in [0.29, 0.717) is 23.1 Å². The highest BCUT2D eigenvalue weighted by molar-refractivity contribution is 7.99. The number of alkyl halides is 3. The standard InChI is InChI=1S/C9H13ClF3N3S/c10-8-7(6-15-16-8)14-3-1-4-17-5-2-9(11,12)13/h6,14H,1-5H2,(H,15,16). The zero-order valence-electron chi connectivity index (χ0n) is 8.98. The van der Waals surface area contributed by atoms with Gasteiger partial charge in [-0.3, -0.25) is 5.10 Å². The van der Waals surface area contributed by atoms with E-state index in [2.05, 4.69) is 15.5 Å². The van der Waals surface area contributed by atoms with Gasteiger partial charge in [0.1, 0.15) is 5.15 Å². The fourth-order valence-corrected chi connectivity index (χ4v) is 2.17. The maximum absolute atomic E-state index is 11.8. The van der Waals surface area contributed by atoms with Crippen LogP contribution in [0.25, 0.3) is 0 Å². The quantitative estimate of drug-likeness (QED) is 0.754. The molecule has 1 heterocycles. The minimum absolute atomic E-state index is 0.121. The van der Waals surface area contributed by atoms with Crippen LogP contribution in [0.1, 0.15) is 12.8 Å². The number of hydrogen-bond donors (Lipinski definition) is 2. The Morgan fingerprint density at radius 1 is 1.41 bits per heavy atom. The van der Waals surface area contributed by atoms with E-state index in [1.807, 2.05) is 0 Å². The van der Waals surface area contributed by atoms with Gasteiger partial charge in [-0.25, -0.2) is 0 Å². The number of aromatic amines is 1. The zero-order chi connectivity index (χ0) is 12.7. The van der Waals surface area contributed by atoms with Gasteiger partial charge in [-0.15, -0.1) is 0 Å². The van der Waals surface area contributed by atoms with E-state index in [1.54, 1.807) is 6.20 Å². The number of nitrogens with zero attached hydrogens (tertiary/aromatic N) is 1. The van der Waals surface area contributed by atoms with Crippen molar-refractivity contribution >= 4 is 29.1 Å². The minimum atomic E-state index is -4.05. The smallest absolute Gasteiger partial charge is 0.381 e. The third kappa shape index (κ3) is 6.68. The maximum atomic E-state index is 11.8. The van der Waals surface area contributed by atoms with E-state index in [4.69, 9.17) is 11.6 Å². The van der Waals surface area contributed by atoms with Crippen LogP contribution in [0.4, 0.5) is 18.9 Å². The second-order valence-corrected chi connectivity index (χ2v) is 4.96. The van der Waals surface area contributed by atoms with Crippen LogP contribution in [0.5, 0.6) is 0 Å². The molecule has 0 saturated carbocycles. The molecule has 0 unspecified atom stereocenters. The molecule has 0 amide bonds. The van der Waals surface area contributed by atoms with Crippen molar-refractivity contribution in [2.24, 2.45) is 0 Å². The van der Waals surface area contributed by atoms with Gasteiger partial charge in [0, 0.05) is 12.3 Å². The van der Waals surface area contributed by atoms with E-state index in [0.717, 1.165) is 6.42 Å². The van der Waals surface area contributed by atoms with Gasteiger partial charge < -0.3 is 5.32 Å². The average molecular weight is 288 g/mol. The van der Waals surface area contributed by atoms with Gasteiger partial charge in [-0.05, 0) is 12.2 Å². The lowest BCUT2D eigenvalue weighted by Crippen LogP contribution is -2.08. The summed E-state index contributed by atoms with van der Waals surface area (Å²) in [5.74, 6) is 0.814. The lowest BCUT2D eigenvalue weighted by molar-refractivity contribution is -0.129. The molecule has 0 fully saturated rings. The van der Waals surface area contributed by atoms with Crippen molar-refractivity contribution < 1.29 is 13.2 Å². The summed E-state index contributed by atoms with van der Waals surface area (Å²) in [6, 6.07) is 0. The zero-order valence-corrected chi connectivity index (χ0v) is 10.6. The molecule has 0 aliphatic rings. The second kappa shape index (κ2) is 7.00. The lowest BCUT2D eigenvalue weighted by Gasteiger charge is -2.06. The van der Waals surface area contributed by atoms with E-state index < -0.39 is 12.6 Å². The normalized spacial score (nSPS) is 11.8. The molecule has 3 nitrogen and oxygen atoms in total. The first-order valence-electron chi connectivity index (χ1n) is 5.06. The van der Waals surface area contributed by atoms with Gasteiger partial charge in [0.25, 0.3) is 0 Å². The molecular weight excluding hydrogens is 275 g/mol. The van der Waals surface area contributed by atoms with Gasteiger partial charge in [-0.1, -0.05) is 11.6 Å². The molecule has 1 aromatic rings. The predicted molar refractivity (Wildman–Crippen MR) is 64.7 cm³/mol. The van der Waals surface area contributed by atoms with E-state index in [-0.39, 0.29) is 5.75 Å². The Bertz CT molecular complexity index is 330. The monoisotopic (exact) mass is 287 g/mol. The Kier molecular flexibility index (Phi) is 5.97. The van der Waals surface area contributed by atoms with Gasteiger partial charge >= 0.3 is 6.18 Å². The van der Waals surface area contributed by atoms with Crippen molar-refractivity contribution in [3.63, 3.8) is 0 Å². The number of rotatable bonds is 7. The van der Waals surface area contributed by atoms with Crippen LogP contribution in [-0.4, -0.2) is 34.4 Å². The summed E-state index contributed by atoms with van der Waals surface area (Å²) in [4.78, 5) is 0. The van der Waals surface area contributed by atoms with Crippen LogP contribution in [0, 0.1) is 0 Å². The SMILES string of the molecule is FC(F)(F)CCSCCCNc1cn[nH]c1Cl. The largest absolute Gasteiger partial charge is 0.389 e. The van der Waals surface area contributed by atoms with E-state index in [9.17, 15) is 13.2 Å². The van der Waals surface area contributed by atoms with Crippen molar-refractivity contribution in [1.29, 1.82) is 0 Å². The molecule has 1 rings (SSSR count). The molecule has 98 valence electrons. The number of anilines is 1. The number of aromatic nitrogens is 2. The first-order valence-corrected chi connectivity index (χ1v) is 6.59. The third-order valence-electron chi connectivity index (χ3n) is 1.90. The van der Waals surface area contributed by atoms with Crippen LogP contribution in [0.2, 0.25) is 5.15 Å². The molecular formula is C9H13ClF3N3S. The Hall–Kier alpha value is -0.560. The third-order valence-corrected chi connectivity index (χ3v) is 3.26. The fourth-order valence-electron chi connectivity index (χ4n) is 1.08. The second-order valence-electron chi connectivity index (χ2n) is 3.36. The Labute approximate surface area is 106 Å². The first kappa shape index (κ1) is 14.5. The highest BCUT2D eigenvalue weighted by Gasteiger charge is 2.25. The summed E-state index contributed by atoms with van der Waals surface area (Å²) in [5.41, 5.74) is 0.715. The number of hydrogen-bond acceptors (Lipinski definition) is 3. The van der Waals surface area contributed by atoms with Gasteiger partial charge in [-0.2, -0.15) is 30.0 Å². The molecule has 0 aliphatic heterocycles. The molecule has 17 heavy (non-hydrogen) atoms. The summed E-state index contributed by atoms with van der Waals surface area (Å²) in [7, 11) is 0. The molecule has 8 heteroatoms. The summed E-state index contributed by atoms with van der Waals surface area (Å²) in [6.07, 6.45) is -2.42. The van der Waals surface area contributed by atoms with Crippen LogP contribution in [0.15, 0.2) is 6.20 Å². The van der Waals surface area contributed by atoms with Crippen LogP contribution < -0.4 is 5.32 Å². The summed E-state index contributed by atoms with van der Waals surface area (Å²) in [6.45, 7) is 0.665. The maximum Gasteiger partial charge on any atom is 0.389 e. The van der Waals surface area contributed by atoms with Crippen molar-refractivity contribution in [3.8, 4) is 0 Å². The molecule has 2 N–H and O–H groups in total. The van der Waals surface area contributed by atoms with Crippen LogP contribution >= 0.6 is 23.4 Å². The van der Waals surface area contributed by atoms with Gasteiger partial charge in [0.05, 0.1) is 18.3 Å². The molecule has 0 bridgehead atoms. The van der Waals surface area contributed by atoms with E-state index >= 15 is 0 Å². The van der Waals surface area contributed by atoms with Crippen LogP contribution in [-0.2, 0) is 0 Å². The summed E-state index contributed by atoms with van der Waals surface area (Å²) >= 11 is 7.05. The van der Waals surface area contributed by atoms with Crippen LogP contribution in [0.3, 0.4) is 0 Å². The summed E-state index contributed by atoms with van der Waals surface area (Å²) < 4.78 is 35.4. The highest BCUT2D eigenvalue weighted by atomic mass is 35.5. The van der Waals surface area contributed by atoms with Gasteiger partial charge in [0.2, 0.25) is 0 Å². The van der Waals surface area contributed by atoms with Gasteiger partial charge in [0.15, 0.2) is 0 Å². The summed E-state index contributed by atoms with van der Waals surface area (Å²) in [5, 5.41) is 9.77. The highest BCUT2D eigenvalue weighted by Crippen LogP contribution is 2.22. The molecule has 1 aromatic heterocycles. The topological polar surface area (TPSA) is 40.7 Å². The average Bonchev–Trinajstić information content (AvgIpc) is 2.61. The van der Waals surface area contributed by atoms with E-state index in [1.165, 1.54) is 11.8 Å². The Morgan fingerprint density at radius 2 is 2.18 bits per heavy atom. The number of thioether (sulfide) groups is 1. The van der Waals surface area contributed by atoms with Crippen molar-refractivity contribution in [3.05, 3.63) is 11.3 Å². The molecule has 0 saturated heterocycles. The van der Waals surface area contributed by atoms with Crippen molar-refractivity contribution in [1.82, 2.24) is 10.2 Å². The molecule has 0 atom stereocenters. The van der Waals surface area contributed by atoms with Crippen molar-refractivity contribution in [2.75, 3.05) is 23.4 Å². The number of H-pyrrole nitrogens is 1. The Morgan fingerprint density at radius 3 is 2.76 bits per heavy atom. The predicted octanol–water partition coefficient (Wildman–Crippen LogP) is 3.55. The first-order chi connectivity index (χ1) is 7.99. The fraction of sp³-hybridized carbons (Fsp3) is 0.667. The van der Waals surface area contributed by atoms with Crippen molar-refractivity contribution in [2.45, 2.75) is 19.0 Å². The minimum Gasteiger partial charge on any atom is -0.381 e. The molecule has 0 spiro atoms. The molecule has 0 radical (unpaired) electrons. The number of nitrogens with one attached hydrogen (secondary N) is 2. The molecule has 0 aromatic carbocycles. The lowest BCUT2D eigenvalue weighted by atomic mass is 10.4. The molecule has 0 aliphatic carbocycles. The Balaban J connectivity index is 1.97. The number of halogens is 4.